The van der Waals surface area contributed by atoms with E-state index in [1.807, 2.05) is 12.2 Å². The summed E-state index contributed by atoms with van der Waals surface area (Å²) in [5.74, 6) is -0.879. The maximum atomic E-state index is 13.0. The Morgan fingerprint density at radius 2 is 2.38 bits per heavy atom. The maximum absolute atomic E-state index is 13.0. The minimum Gasteiger partial charge on any atom is -0.366 e. The van der Waals surface area contributed by atoms with E-state index in [9.17, 15) is 14.7 Å². The van der Waals surface area contributed by atoms with Gasteiger partial charge < -0.3 is 15.2 Å². The van der Waals surface area contributed by atoms with Crippen LogP contribution in [0.25, 0.3) is 0 Å². The Morgan fingerprint density at radius 3 is 2.95 bits per heavy atom. The van der Waals surface area contributed by atoms with Gasteiger partial charge in [-0.15, -0.1) is 11.6 Å². The number of carbonyl (C=O) groups is 2. The molecule has 0 spiro atoms. The van der Waals surface area contributed by atoms with Crippen molar-refractivity contribution in [3.63, 3.8) is 0 Å². The lowest BCUT2D eigenvalue weighted by molar-refractivity contribution is -0.336. The molecule has 1 aliphatic carbocycles. The highest BCUT2D eigenvalue weighted by molar-refractivity contribution is 6.18. The maximum Gasteiger partial charge on any atom is 0.227 e. The Kier molecular flexibility index (Phi) is 3.62. The van der Waals surface area contributed by atoms with E-state index in [1.54, 1.807) is 6.92 Å². The van der Waals surface area contributed by atoms with Crippen LogP contribution in [0.1, 0.15) is 32.6 Å². The number of allylic oxidation sites excluding steroid dienone is 2. The van der Waals surface area contributed by atoms with Crippen molar-refractivity contribution in [1.29, 1.82) is 0 Å². The van der Waals surface area contributed by atoms with Gasteiger partial charge >= 0.3 is 0 Å². The van der Waals surface area contributed by atoms with Gasteiger partial charge in [-0.05, 0) is 32.6 Å². The van der Waals surface area contributed by atoms with Crippen LogP contribution in [0.4, 0.5) is 0 Å². The van der Waals surface area contributed by atoms with Crippen LogP contribution in [0.3, 0.4) is 0 Å². The van der Waals surface area contributed by atoms with Gasteiger partial charge in [0.2, 0.25) is 5.91 Å². The molecule has 1 unspecified atom stereocenters. The molecule has 0 aromatic carbocycles. The lowest BCUT2D eigenvalue weighted by Gasteiger charge is -2.56. The van der Waals surface area contributed by atoms with Crippen molar-refractivity contribution in [3.8, 4) is 0 Å². The summed E-state index contributed by atoms with van der Waals surface area (Å²) in [5.41, 5.74) is -2.34. The van der Waals surface area contributed by atoms with Crippen molar-refractivity contribution in [2.24, 2.45) is 11.8 Å². The second kappa shape index (κ2) is 5.07. The number of fused-ring (bicyclic) bond motifs is 1. The molecule has 0 bridgehead atoms. The van der Waals surface area contributed by atoms with Gasteiger partial charge in [-0.25, -0.2) is 0 Å². The molecule has 21 heavy (non-hydrogen) atoms. The molecule has 2 saturated heterocycles. The first kappa shape index (κ1) is 15.0. The smallest absolute Gasteiger partial charge is 0.227 e. The van der Waals surface area contributed by atoms with Crippen LogP contribution in [0, 0.1) is 11.8 Å². The number of rotatable bonds is 4. The molecular weight excluding hydrogens is 294 g/mol. The summed E-state index contributed by atoms with van der Waals surface area (Å²) in [6.07, 6.45) is 5.66. The van der Waals surface area contributed by atoms with Gasteiger partial charge in [0.15, 0.2) is 17.6 Å². The topological polar surface area (TPSA) is 75.6 Å². The second-order valence-corrected chi connectivity index (χ2v) is 6.61. The zero-order chi connectivity index (χ0) is 15.3. The van der Waals surface area contributed by atoms with Crippen LogP contribution < -0.4 is 5.32 Å². The Morgan fingerprint density at radius 1 is 1.62 bits per heavy atom. The zero-order valence-electron chi connectivity index (χ0n) is 12.0. The summed E-state index contributed by atoms with van der Waals surface area (Å²) >= 11 is 5.76. The average molecular weight is 314 g/mol. The summed E-state index contributed by atoms with van der Waals surface area (Å²) in [6, 6.07) is 0. The van der Waals surface area contributed by atoms with Crippen molar-refractivity contribution >= 4 is 23.3 Å². The van der Waals surface area contributed by atoms with E-state index < -0.39 is 23.3 Å². The lowest BCUT2D eigenvalue weighted by Crippen LogP contribution is -2.80. The molecule has 2 heterocycles. The molecule has 5 nitrogen and oxygen atoms in total. The van der Waals surface area contributed by atoms with Crippen molar-refractivity contribution in [1.82, 2.24) is 5.32 Å². The minimum absolute atomic E-state index is 0.148. The van der Waals surface area contributed by atoms with Crippen molar-refractivity contribution in [2.75, 3.05) is 5.88 Å². The highest BCUT2D eigenvalue weighted by Gasteiger charge is 2.77. The summed E-state index contributed by atoms with van der Waals surface area (Å²) in [4.78, 5) is 25.2. The van der Waals surface area contributed by atoms with Gasteiger partial charge in [0.1, 0.15) is 5.60 Å². The number of halogens is 1. The highest BCUT2D eigenvalue weighted by atomic mass is 35.5. The third-order valence-corrected chi connectivity index (χ3v) is 5.41. The predicted molar refractivity (Wildman–Crippen MR) is 76.7 cm³/mol. The van der Waals surface area contributed by atoms with Crippen molar-refractivity contribution in [2.45, 2.75) is 50.0 Å². The van der Waals surface area contributed by atoms with Crippen LogP contribution in [-0.2, 0) is 14.3 Å². The normalized spacial score (nSPS) is 44.9. The molecule has 2 N–H and O–H groups in total. The molecule has 2 fully saturated rings. The van der Waals surface area contributed by atoms with E-state index >= 15 is 0 Å². The molecule has 3 rings (SSSR count). The van der Waals surface area contributed by atoms with E-state index in [0.29, 0.717) is 12.3 Å². The number of ketones is 1. The molecule has 6 heteroatoms. The molecule has 116 valence electrons. The van der Waals surface area contributed by atoms with E-state index in [0.717, 1.165) is 19.3 Å². The van der Waals surface area contributed by atoms with Gasteiger partial charge in [0.25, 0.3) is 0 Å². The van der Waals surface area contributed by atoms with Crippen LogP contribution in [-0.4, -0.2) is 40.1 Å². The Labute approximate surface area is 128 Å². The molecule has 2 aliphatic heterocycles. The molecule has 0 saturated carbocycles. The number of carbonyl (C=O) groups excluding carboxylic acids is 2. The molecule has 0 aromatic rings. The quantitative estimate of drug-likeness (QED) is 0.603. The number of aliphatic hydroxyl groups is 1. The van der Waals surface area contributed by atoms with Gasteiger partial charge in [-0.1, -0.05) is 12.2 Å². The zero-order valence-corrected chi connectivity index (χ0v) is 12.7. The van der Waals surface area contributed by atoms with Crippen molar-refractivity contribution < 1.29 is 19.4 Å². The Balaban J connectivity index is 1.94. The summed E-state index contributed by atoms with van der Waals surface area (Å²) in [5, 5.41) is 12.9. The van der Waals surface area contributed by atoms with E-state index in [-0.39, 0.29) is 17.6 Å². The number of hydrogen-bond donors (Lipinski definition) is 2. The minimum atomic E-state index is -1.33. The van der Waals surface area contributed by atoms with Gasteiger partial charge in [0, 0.05) is 11.8 Å². The number of aliphatic hydroxyl groups excluding tert-OH is 1. The number of nitrogens with one attached hydrogen (secondary N) is 1. The van der Waals surface area contributed by atoms with E-state index in [4.69, 9.17) is 16.3 Å². The largest absolute Gasteiger partial charge is 0.366 e. The van der Waals surface area contributed by atoms with Crippen molar-refractivity contribution in [3.05, 3.63) is 12.2 Å². The molecule has 3 aliphatic rings. The summed E-state index contributed by atoms with van der Waals surface area (Å²) in [6.45, 7) is 1.72. The monoisotopic (exact) mass is 313 g/mol. The van der Waals surface area contributed by atoms with Gasteiger partial charge in [-0.2, -0.15) is 0 Å². The first-order valence-corrected chi connectivity index (χ1v) is 7.95. The number of ether oxygens (including phenoxy) is 1. The standard InChI is InChI=1S/C15H20ClNO4/c1-14-10(7-8-16)12(19)17-15(14,13(20)21-14)11(18)9-5-3-2-4-6-9/h3,5,9-10,13,20H,2,4,6-8H2,1H3,(H,17,19)/t9-,10+,13+,14+,15?/m1/s1. The van der Waals surface area contributed by atoms with Crippen LogP contribution in [0.5, 0.6) is 0 Å². The lowest BCUT2D eigenvalue weighted by atomic mass is 9.65. The fraction of sp³-hybridized carbons (Fsp3) is 0.733. The summed E-state index contributed by atoms with van der Waals surface area (Å²) < 4.78 is 5.47. The van der Waals surface area contributed by atoms with Crippen LogP contribution in [0.2, 0.25) is 0 Å². The molecular formula is C15H20ClNO4. The summed E-state index contributed by atoms with van der Waals surface area (Å²) in [7, 11) is 0. The van der Waals surface area contributed by atoms with Gasteiger partial charge in [0.05, 0.1) is 5.92 Å². The fourth-order valence-electron chi connectivity index (χ4n) is 3.94. The highest BCUT2D eigenvalue weighted by Crippen LogP contribution is 2.54. The Hall–Kier alpha value is -0.910. The van der Waals surface area contributed by atoms with E-state index in [2.05, 4.69) is 5.32 Å². The predicted octanol–water partition coefficient (Wildman–Crippen LogP) is 1.13. The molecule has 0 radical (unpaired) electrons. The third kappa shape index (κ3) is 1.84. The molecule has 0 aromatic heterocycles. The van der Waals surface area contributed by atoms with Crippen LogP contribution in [0.15, 0.2) is 12.2 Å². The van der Waals surface area contributed by atoms with Gasteiger partial charge in [-0.3, -0.25) is 9.59 Å². The Bertz CT molecular complexity index is 508. The molecule has 1 amide bonds. The average Bonchev–Trinajstić information content (AvgIpc) is 2.65. The number of hydrogen-bond acceptors (Lipinski definition) is 4. The first-order chi connectivity index (χ1) is 9.97. The molecule has 5 atom stereocenters. The first-order valence-electron chi connectivity index (χ1n) is 7.42. The van der Waals surface area contributed by atoms with E-state index in [1.165, 1.54) is 0 Å². The van der Waals surface area contributed by atoms with Crippen LogP contribution >= 0.6 is 11.6 Å². The fourth-order valence-corrected chi connectivity index (χ4v) is 4.16. The third-order valence-electron chi connectivity index (χ3n) is 5.19. The number of Topliss-reactive ketones (excluding diaryl/α,β-unsaturated/α-hetero) is 1. The number of amides is 1. The SMILES string of the molecule is C[C@@]12O[C@H](O)C1(C(=O)[C@@H]1C=CCCC1)NC(=O)[C@@H]2CCCl. The number of alkyl halides is 1. The second-order valence-electron chi connectivity index (χ2n) is 6.23.